The molecule has 0 bridgehead atoms. The molecule has 0 aliphatic heterocycles. The number of hydrogen-bond donors (Lipinski definition) is 2. The number of aliphatic hydroxyl groups excluding tert-OH is 1. The van der Waals surface area contributed by atoms with E-state index in [0.29, 0.717) is 18.1 Å². The molecule has 0 aliphatic rings. The van der Waals surface area contributed by atoms with Crippen molar-refractivity contribution in [3.05, 3.63) is 15.8 Å². The van der Waals surface area contributed by atoms with Gasteiger partial charge in [0.25, 0.3) is 0 Å². The number of hydrogen-bond acceptors (Lipinski definition) is 5. The zero-order valence-electron chi connectivity index (χ0n) is 10.8. The second-order valence-electron chi connectivity index (χ2n) is 4.23. The summed E-state index contributed by atoms with van der Waals surface area (Å²) in [7, 11) is 1.69. The predicted octanol–water partition coefficient (Wildman–Crippen LogP) is 1.60. The largest absolute Gasteiger partial charge is 0.396 e. The highest BCUT2D eigenvalue weighted by Gasteiger charge is 2.23. The standard InChI is InChI=1S/C11H20N4O3/c1-9-10(15(17)18)11(14(2)13-9)12-7-5-3-4-6-8-16/h12,16H,3-8H2,1-2H3. The SMILES string of the molecule is Cc1nn(C)c(NCCCCCCO)c1[N+](=O)[O-]. The van der Waals surface area contributed by atoms with Gasteiger partial charge in [0, 0.05) is 20.2 Å². The summed E-state index contributed by atoms with van der Waals surface area (Å²) < 4.78 is 1.50. The molecule has 0 saturated heterocycles. The Morgan fingerprint density at radius 3 is 2.67 bits per heavy atom. The number of aryl methyl sites for hydroxylation is 2. The molecule has 0 spiro atoms. The zero-order valence-corrected chi connectivity index (χ0v) is 10.8. The van der Waals surface area contributed by atoms with Crippen LogP contribution in [0.3, 0.4) is 0 Å². The molecule has 2 N–H and O–H groups in total. The van der Waals surface area contributed by atoms with Crippen molar-refractivity contribution in [3.63, 3.8) is 0 Å². The number of unbranched alkanes of at least 4 members (excludes halogenated alkanes) is 3. The fourth-order valence-electron chi connectivity index (χ4n) is 1.86. The van der Waals surface area contributed by atoms with Gasteiger partial charge < -0.3 is 10.4 Å². The third-order valence-corrected chi connectivity index (χ3v) is 2.75. The highest BCUT2D eigenvalue weighted by atomic mass is 16.6. The Kier molecular flexibility index (Phi) is 5.57. The van der Waals surface area contributed by atoms with E-state index in [1.54, 1.807) is 14.0 Å². The molecule has 0 radical (unpaired) electrons. The van der Waals surface area contributed by atoms with Crippen LogP contribution in [0.2, 0.25) is 0 Å². The van der Waals surface area contributed by atoms with Crippen LogP contribution in [-0.4, -0.2) is 33.0 Å². The maximum atomic E-state index is 10.9. The van der Waals surface area contributed by atoms with Gasteiger partial charge >= 0.3 is 5.69 Å². The monoisotopic (exact) mass is 256 g/mol. The van der Waals surface area contributed by atoms with Gasteiger partial charge in [-0.25, -0.2) is 4.68 Å². The Balaban J connectivity index is 2.49. The summed E-state index contributed by atoms with van der Waals surface area (Å²) in [5.74, 6) is 0.458. The van der Waals surface area contributed by atoms with Crippen LogP contribution in [0.4, 0.5) is 11.5 Å². The van der Waals surface area contributed by atoms with E-state index in [9.17, 15) is 10.1 Å². The summed E-state index contributed by atoms with van der Waals surface area (Å²) >= 11 is 0. The third-order valence-electron chi connectivity index (χ3n) is 2.75. The number of nitrogens with zero attached hydrogens (tertiary/aromatic N) is 3. The minimum absolute atomic E-state index is 0.0489. The second-order valence-corrected chi connectivity index (χ2v) is 4.23. The number of nitrogens with one attached hydrogen (secondary N) is 1. The molecule has 1 heterocycles. The number of aliphatic hydroxyl groups is 1. The Morgan fingerprint density at radius 2 is 2.06 bits per heavy atom. The summed E-state index contributed by atoms with van der Waals surface area (Å²) in [6, 6.07) is 0. The van der Waals surface area contributed by atoms with E-state index >= 15 is 0 Å². The first-order valence-corrected chi connectivity index (χ1v) is 6.10. The van der Waals surface area contributed by atoms with E-state index < -0.39 is 4.92 Å². The van der Waals surface area contributed by atoms with Gasteiger partial charge in [-0.3, -0.25) is 10.1 Å². The molecular formula is C11H20N4O3. The molecule has 7 heteroatoms. The highest BCUT2D eigenvalue weighted by Crippen LogP contribution is 2.27. The summed E-state index contributed by atoms with van der Waals surface area (Å²) in [6.07, 6.45) is 3.70. The average Bonchev–Trinajstić information content (AvgIpc) is 2.58. The Morgan fingerprint density at radius 1 is 1.39 bits per heavy atom. The van der Waals surface area contributed by atoms with E-state index in [4.69, 9.17) is 5.11 Å². The van der Waals surface area contributed by atoms with Crippen molar-refractivity contribution in [2.24, 2.45) is 7.05 Å². The lowest BCUT2D eigenvalue weighted by Gasteiger charge is -2.05. The number of nitro groups is 1. The van der Waals surface area contributed by atoms with Gasteiger partial charge in [0.1, 0.15) is 5.69 Å². The van der Waals surface area contributed by atoms with E-state index in [1.807, 2.05) is 0 Å². The van der Waals surface area contributed by atoms with Crippen LogP contribution in [0.25, 0.3) is 0 Å². The Bertz CT molecular complexity index is 403. The highest BCUT2D eigenvalue weighted by molar-refractivity contribution is 5.59. The van der Waals surface area contributed by atoms with Crippen LogP contribution in [0.15, 0.2) is 0 Å². The van der Waals surface area contributed by atoms with E-state index in [-0.39, 0.29) is 12.3 Å². The van der Waals surface area contributed by atoms with Gasteiger partial charge in [-0.1, -0.05) is 12.8 Å². The lowest BCUT2D eigenvalue weighted by Crippen LogP contribution is -2.08. The molecular weight excluding hydrogens is 236 g/mol. The molecule has 0 atom stereocenters. The lowest BCUT2D eigenvalue weighted by atomic mass is 10.2. The van der Waals surface area contributed by atoms with Crippen molar-refractivity contribution >= 4 is 11.5 Å². The van der Waals surface area contributed by atoms with Crippen molar-refractivity contribution in [2.75, 3.05) is 18.5 Å². The molecule has 0 fully saturated rings. The van der Waals surface area contributed by atoms with Gasteiger partial charge in [-0.2, -0.15) is 5.10 Å². The van der Waals surface area contributed by atoms with Crippen molar-refractivity contribution in [1.82, 2.24) is 9.78 Å². The van der Waals surface area contributed by atoms with Gasteiger partial charge in [-0.15, -0.1) is 0 Å². The Hall–Kier alpha value is -1.63. The summed E-state index contributed by atoms with van der Waals surface area (Å²) in [4.78, 5) is 10.5. The van der Waals surface area contributed by atoms with Crippen LogP contribution in [0, 0.1) is 17.0 Å². The number of anilines is 1. The van der Waals surface area contributed by atoms with Crippen molar-refractivity contribution in [3.8, 4) is 0 Å². The molecule has 18 heavy (non-hydrogen) atoms. The average molecular weight is 256 g/mol. The van der Waals surface area contributed by atoms with E-state index in [2.05, 4.69) is 10.4 Å². The molecule has 0 unspecified atom stereocenters. The van der Waals surface area contributed by atoms with Crippen LogP contribution < -0.4 is 5.32 Å². The molecule has 0 aliphatic carbocycles. The lowest BCUT2D eigenvalue weighted by molar-refractivity contribution is -0.384. The molecule has 1 aromatic heterocycles. The van der Waals surface area contributed by atoms with Gasteiger partial charge in [0.2, 0.25) is 5.82 Å². The smallest absolute Gasteiger partial charge is 0.333 e. The first-order valence-electron chi connectivity index (χ1n) is 6.10. The van der Waals surface area contributed by atoms with Crippen LogP contribution in [-0.2, 0) is 7.05 Å². The number of aromatic nitrogens is 2. The van der Waals surface area contributed by atoms with Crippen molar-refractivity contribution in [1.29, 1.82) is 0 Å². The summed E-state index contributed by atoms with van der Waals surface area (Å²) in [5, 5.41) is 26.6. The van der Waals surface area contributed by atoms with E-state index in [0.717, 1.165) is 25.7 Å². The second kappa shape index (κ2) is 6.95. The fourth-order valence-corrected chi connectivity index (χ4v) is 1.86. The number of rotatable bonds is 8. The fraction of sp³-hybridized carbons (Fsp3) is 0.727. The maximum Gasteiger partial charge on any atom is 0.333 e. The van der Waals surface area contributed by atoms with Crippen molar-refractivity contribution in [2.45, 2.75) is 32.6 Å². The van der Waals surface area contributed by atoms with Crippen LogP contribution >= 0.6 is 0 Å². The van der Waals surface area contributed by atoms with E-state index in [1.165, 1.54) is 4.68 Å². The Labute approximate surface area is 106 Å². The minimum Gasteiger partial charge on any atom is -0.396 e. The van der Waals surface area contributed by atoms with Crippen LogP contribution in [0.1, 0.15) is 31.4 Å². The third kappa shape index (κ3) is 3.69. The normalized spacial score (nSPS) is 10.6. The molecule has 0 aromatic carbocycles. The molecule has 7 nitrogen and oxygen atoms in total. The molecule has 102 valence electrons. The maximum absolute atomic E-state index is 10.9. The minimum atomic E-state index is -0.406. The van der Waals surface area contributed by atoms with Gasteiger partial charge in [0.05, 0.1) is 4.92 Å². The quantitative estimate of drug-likeness (QED) is 0.418. The molecule has 1 aromatic rings. The first-order chi connectivity index (χ1) is 8.57. The van der Waals surface area contributed by atoms with Gasteiger partial charge in [0.15, 0.2) is 0 Å². The van der Waals surface area contributed by atoms with Gasteiger partial charge in [-0.05, 0) is 19.8 Å². The first kappa shape index (κ1) is 14.4. The molecule has 0 saturated carbocycles. The van der Waals surface area contributed by atoms with Crippen molar-refractivity contribution < 1.29 is 10.0 Å². The predicted molar refractivity (Wildman–Crippen MR) is 68.6 cm³/mol. The van der Waals surface area contributed by atoms with Crippen LogP contribution in [0.5, 0.6) is 0 Å². The topological polar surface area (TPSA) is 93.2 Å². The molecule has 0 amide bonds. The zero-order chi connectivity index (χ0) is 13.5. The summed E-state index contributed by atoms with van der Waals surface area (Å²) in [6.45, 7) is 2.52. The summed E-state index contributed by atoms with van der Waals surface area (Å²) in [5.41, 5.74) is 0.470. The molecule has 1 rings (SSSR count).